The topological polar surface area (TPSA) is 120 Å². The minimum atomic E-state index is -4.20. The first-order valence-corrected chi connectivity index (χ1v) is 23.6. The van der Waals surface area contributed by atoms with E-state index in [1.807, 2.05) is 6.92 Å². The molecule has 0 aromatic carbocycles. The van der Waals surface area contributed by atoms with Crippen LogP contribution in [0, 0.1) is 0 Å². The summed E-state index contributed by atoms with van der Waals surface area (Å²) >= 11 is 0. The zero-order valence-corrected chi connectivity index (χ0v) is 37.4. The third-order valence-corrected chi connectivity index (χ3v) is 11.4. The fraction of sp³-hybridized carbons (Fsp3) is 0.800. The van der Waals surface area contributed by atoms with Gasteiger partial charge in [0.15, 0.2) is 0 Å². The molecule has 1 fully saturated rings. The van der Waals surface area contributed by atoms with Crippen LogP contribution in [0.25, 0.3) is 0 Å². The summed E-state index contributed by atoms with van der Waals surface area (Å²) in [5.41, 5.74) is 0. The van der Waals surface area contributed by atoms with Gasteiger partial charge in [0, 0.05) is 27.2 Å². The lowest BCUT2D eigenvalue weighted by molar-refractivity contribution is -0.262. The summed E-state index contributed by atoms with van der Waals surface area (Å²) in [6.45, 7) is 13.8. The van der Waals surface area contributed by atoms with Crippen molar-refractivity contribution in [1.29, 1.82) is 0 Å². The molecule has 1 heterocycles. The molecule has 1 saturated heterocycles. The van der Waals surface area contributed by atoms with E-state index in [0.29, 0.717) is 12.8 Å². The fourth-order valence-electron chi connectivity index (χ4n) is 6.79. The number of ether oxygens (including phenoxy) is 5. The highest BCUT2D eigenvalue weighted by atomic mass is 31.2. The Kier molecular flexibility index (Phi) is 33.7. The molecule has 1 N–H and O–H groups in total. The highest BCUT2D eigenvalue weighted by Crippen LogP contribution is 2.52. The number of methoxy groups -OCH3 is 2. The Morgan fingerprint density at radius 1 is 0.789 bits per heavy atom. The molecule has 0 radical (unpaired) electrons. The smallest absolute Gasteiger partial charge is 0.471 e. The Bertz CT molecular complexity index is 1090. The highest BCUT2D eigenvalue weighted by Gasteiger charge is 2.52. The highest BCUT2D eigenvalue weighted by molar-refractivity contribution is 7.48. The van der Waals surface area contributed by atoms with E-state index in [0.717, 1.165) is 51.4 Å². The second-order valence-corrected chi connectivity index (χ2v) is 16.5. The molecule has 1 aliphatic rings. The predicted octanol–water partition coefficient (Wildman–Crippen LogP) is 11.5. The lowest BCUT2D eigenvalue weighted by Crippen LogP contribution is -2.66. The van der Waals surface area contributed by atoms with Crippen LogP contribution in [0.2, 0.25) is 0 Å². The van der Waals surface area contributed by atoms with Gasteiger partial charge in [-0.1, -0.05) is 128 Å². The first kappa shape index (κ1) is 53.2. The summed E-state index contributed by atoms with van der Waals surface area (Å²) in [5, 5.41) is 3.14. The maximum Gasteiger partial charge on any atom is 0.475 e. The molecule has 0 aliphatic carbocycles. The van der Waals surface area contributed by atoms with Gasteiger partial charge in [-0.05, 0) is 51.9 Å². The van der Waals surface area contributed by atoms with E-state index in [9.17, 15) is 9.36 Å². The van der Waals surface area contributed by atoms with Gasteiger partial charge in [0.1, 0.15) is 24.4 Å². The number of allylic oxidation sites excluding steroid dienone is 3. The molecule has 57 heavy (non-hydrogen) atoms. The van der Waals surface area contributed by atoms with Crippen molar-refractivity contribution in [2.24, 2.45) is 0 Å². The van der Waals surface area contributed by atoms with E-state index in [-0.39, 0.29) is 38.4 Å². The number of hydrogen-bond acceptors (Lipinski definition) is 10. The molecule has 6 atom stereocenters. The number of hydrogen-bond donors (Lipinski definition) is 1. The van der Waals surface area contributed by atoms with Crippen molar-refractivity contribution in [3.63, 3.8) is 0 Å². The Hall–Kier alpha value is -1.82. The molecular weight excluding hydrogens is 745 g/mol. The van der Waals surface area contributed by atoms with Crippen molar-refractivity contribution in [2.75, 3.05) is 40.6 Å². The molecule has 332 valence electrons. The summed E-state index contributed by atoms with van der Waals surface area (Å²) in [6.07, 6.45) is 30.1. The van der Waals surface area contributed by atoms with Gasteiger partial charge in [-0.2, -0.15) is 0 Å². The molecule has 1 aliphatic heterocycles. The van der Waals surface area contributed by atoms with Crippen LogP contribution in [0.3, 0.4) is 0 Å². The number of nitrogens with one attached hydrogen (secondary N) is 1. The maximum atomic E-state index is 14.0. The quantitative estimate of drug-likeness (QED) is 0.0277. The van der Waals surface area contributed by atoms with Gasteiger partial charge >= 0.3 is 7.82 Å². The van der Waals surface area contributed by atoms with Crippen molar-refractivity contribution in [3.05, 3.63) is 49.8 Å². The fourth-order valence-corrected chi connectivity index (χ4v) is 8.12. The zero-order chi connectivity index (χ0) is 41.8. The zero-order valence-electron chi connectivity index (χ0n) is 36.5. The summed E-state index contributed by atoms with van der Waals surface area (Å²) in [7, 11) is -0.950. The Balaban J connectivity index is 3.04. The van der Waals surface area contributed by atoms with Gasteiger partial charge in [-0.25, -0.2) is 4.57 Å². The number of carbonyl (C=O) groups is 1. The van der Waals surface area contributed by atoms with Crippen LogP contribution in [0.4, 0.5) is 0 Å². The molecule has 0 saturated carbocycles. The van der Waals surface area contributed by atoms with Crippen LogP contribution in [0.1, 0.15) is 156 Å². The van der Waals surface area contributed by atoms with E-state index in [1.165, 1.54) is 96.2 Å². The molecule has 0 bridgehead atoms. The second-order valence-electron chi connectivity index (χ2n) is 14.9. The molecular formula is C45H82NO10P. The van der Waals surface area contributed by atoms with Crippen LogP contribution in [0.5, 0.6) is 0 Å². The molecule has 1 rings (SSSR count). The lowest BCUT2D eigenvalue weighted by Gasteiger charge is -2.46. The van der Waals surface area contributed by atoms with Gasteiger partial charge in [0.25, 0.3) is 0 Å². The average molecular weight is 828 g/mol. The van der Waals surface area contributed by atoms with Crippen LogP contribution in [-0.4, -0.2) is 83.3 Å². The van der Waals surface area contributed by atoms with E-state index in [4.69, 9.17) is 37.3 Å². The van der Waals surface area contributed by atoms with Crippen LogP contribution in [0.15, 0.2) is 49.8 Å². The van der Waals surface area contributed by atoms with Gasteiger partial charge in [-0.15, -0.1) is 13.2 Å². The monoisotopic (exact) mass is 828 g/mol. The average Bonchev–Trinajstić information content (AvgIpc) is 3.21. The molecule has 0 aromatic rings. The molecule has 11 nitrogen and oxygen atoms in total. The number of rotatable bonds is 39. The SMILES string of the molecule is C=CCOP(=O)(OCC=C)O[C@@H]1C(COC)OC(OC=CC)[C@H](NC(=O)CCCCCCCCCC=CCCCCCC)[C@H]1OCC[C@@H](CCCCCCC)OC. The van der Waals surface area contributed by atoms with Gasteiger partial charge < -0.3 is 29.0 Å². The van der Waals surface area contributed by atoms with E-state index in [2.05, 4.69) is 44.5 Å². The van der Waals surface area contributed by atoms with Gasteiger partial charge in [0.05, 0.1) is 32.2 Å². The van der Waals surface area contributed by atoms with Crippen LogP contribution < -0.4 is 5.32 Å². The number of phosphoric ester groups is 1. The number of amides is 1. The van der Waals surface area contributed by atoms with Gasteiger partial charge in [0.2, 0.25) is 12.2 Å². The molecule has 12 heteroatoms. The number of phosphoric acid groups is 1. The number of unbranched alkanes of at least 4 members (excludes halogenated alkanes) is 15. The molecule has 1 amide bonds. The van der Waals surface area contributed by atoms with Crippen molar-refractivity contribution < 1.29 is 46.6 Å². The predicted molar refractivity (Wildman–Crippen MR) is 231 cm³/mol. The largest absolute Gasteiger partial charge is 0.475 e. The normalized spacial score (nSPS) is 20.6. The maximum absolute atomic E-state index is 14.0. The third kappa shape index (κ3) is 25.4. The van der Waals surface area contributed by atoms with Crippen molar-refractivity contribution in [2.45, 2.75) is 192 Å². The first-order valence-electron chi connectivity index (χ1n) is 22.1. The molecule has 0 aromatic heterocycles. The van der Waals surface area contributed by atoms with E-state index >= 15 is 0 Å². The van der Waals surface area contributed by atoms with Crippen LogP contribution in [-0.2, 0) is 46.6 Å². The third-order valence-electron chi connectivity index (χ3n) is 9.98. The van der Waals surface area contributed by atoms with Crippen molar-refractivity contribution >= 4 is 13.7 Å². The minimum absolute atomic E-state index is 0.0105. The minimum Gasteiger partial charge on any atom is -0.471 e. The van der Waals surface area contributed by atoms with Crippen LogP contribution >= 0.6 is 7.82 Å². The Labute approximate surface area is 347 Å². The summed E-state index contributed by atoms with van der Waals surface area (Å²) in [5.74, 6) is -0.160. The number of carbonyl (C=O) groups excluding carboxylic acids is 1. The summed E-state index contributed by atoms with van der Waals surface area (Å²) in [4.78, 5) is 13.6. The van der Waals surface area contributed by atoms with E-state index in [1.54, 1.807) is 13.2 Å². The van der Waals surface area contributed by atoms with Gasteiger partial charge in [-0.3, -0.25) is 18.4 Å². The summed E-state index contributed by atoms with van der Waals surface area (Å²) in [6, 6.07) is -0.834. The Morgan fingerprint density at radius 3 is 1.95 bits per heavy atom. The van der Waals surface area contributed by atoms with Crippen molar-refractivity contribution in [3.8, 4) is 0 Å². The van der Waals surface area contributed by atoms with Crippen molar-refractivity contribution in [1.82, 2.24) is 5.32 Å². The standard InChI is InChI=1S/C45H82NO10P/c1-8-13-15-17-18-19-20-21-22-23-24-25-26-28-30-32-41(47)46-42-44(51-37-33-39(50-7)31-29-27-16-14-9-2)43(40(38-49-6)55-45(42)52-34-10-3)56-57(48,53-35-11-4)54-36-12-5/h10-12,19-20,34,39-40,42-45H,4-5,8-9,13-18,21-33,35-38H2,1-3,6-7H3,(H,46,47)/t39-,40?,42-,43-,44-,45?/m1/s1. The first-order chi connectivity index (χ1) is 27.8. The van der Waals surface area contributed by atoms with E-state index < -0.39 is 38.5 Å². The molecule has 2 unspecified atom stereocenters. The summed E-state index contributed by atoms with van der Waals surface area (Å²) < 4.78 is 61.8. The second kappa shape index (κ2) is 36.1. The molecule has 0 spiro atoms. The lowest BCUT2D eigenvalue weighted by atomic mass is 9.96. The Morgan fingerprint density at radius 2 is 1.37 bits per heavy atom.